The summed E-state index contributed by atoms with van der Waals surface area (Å²) in [5, 5.41) is 3.56. The average Bonchev–Trinajstić information content (AvgIpc) is 2.40. The highest BCUT2D eigenvalue weighted by molar-refractivity contribution is 9.08. The molecule has 0 spiro atoms. The summed E-state index contributed by atoms with van der Waals surface area (Å²) in [6, 6.07) is 7.66. The number of para-hydroxylation sites is 1. The molecule has 1 saturated heterocycles. The summed E-state index contributed by atoms with van der Waals surface area (Å²) in [6.07, 6.45) is -0.507. The van der Waals surface area contributed by atoms with E-state index in [1.165, 1.54) is 0 Å². The fraction of sp³-hybridized carbons (Fsp3) is 0.417. The standard InChI is InChI=1S/C12H14BrNO3/c13-7-9-3-1-2-4-10(9)14-12(15)11-8-16-5-6-17-11/h1-4,11H,5-8H2,(H,14,15). The number of amides is 1. The number of benzene rings is 1. The number of hydrogen-bond donors (Lipinski definition) is 1. The number of carbonyl (C=O) groups excluding carboxylic acids is 1. The predicted octanol–water partition coefficient (Wildman–Crippen LogP) is 1.94. The minimum atomic E-state index is -0.507. The minimum Gasteiger partial charge on any atom is -0.376 e. The largest absolute Gasteiger partial charge is 0.376 e. The van der Waals surface area contributed by atoms with E-state index in [0.717, 1.165) is 11.3 Å². The van der Waals surface area contributed by atoms with Crippen LogP contribution in [-0.4, -0.2) is 31.8 Å². The molecule has 0 aromatic heterocycles. The van der Waals surface area contributed by atoms with Crippen molar-refractivity contribution in [2.45, 2.75) is 11.4 Å². The third-order valence-electron chi connectivity index (χ3n) is 2.53. The summed E-state index contributed by atoms with van der Waals surface area (Å²) < 4.78 is 10.5. The van der Waals surface area contributed by atoms with E-state index in [0.29, 0.717) is 25.2 Å². The zero-order valence-corrected chi connectivity index (χ0v) is 10.9. The third kappa shape index (κ3) is 3.28. The number of nitrogens with one attached hydrogen (secondary N) is 1. The lowest BCUT2D eigenvalue weighted by Crippen LogP contribution is -2.39. The molecule has 0 radical (unpaired) electrons. The molecular formula is C12H14BrNO3. The van der Waals surface area contributed by atoms with Crippen molar-refractivity contribution in [1.29, 1.82) is 0 Å². The number of carbonyl (C=O) groups is 1. The van der Waals surface area contributed by atoms with E-state index in [1.54, 1.807) is 0 Å². The molecule has 1 aromatic carbocycles. The van der Waals surface area contributed by atoms with Crippen LogP contribution in [0.1, 0.15) is 5.56 Å². The molecule has 1 aromatic rings. The van der Waals surface area contributed by atoms with Crippen molar-refractivity contribution < 1.29 is 14.3 Å². The Labute approximate surface area is 108 Å². The van der Waals surface area contributed by atoms with Crippen LogP contribution in [0.3, 0.4) is 0 Å². The highest BCUT2D eigenvalue weighted by Gasteiger charge is 2.22. The lowest BCUT2D eigenvalue weighted by molar-refractivity contribution is -0.142. The topological polar surface area (TPSA) is 47.6 Å². The highest BCUT2D eigenvalue weighted by Crippen LogP contribution is 2.18. The molecule has 0 aliphatic carbocycles. The maximum absolute atomic E-state index is 11.9. The van der Waals surface area contributed by atoms with Crippen molar-refractivity contribution >= 4 is 27.5 Å². The zero-order valence-electron chi connectivity index (χ0n) is 9.32. The summed E-state index contributed by atoms with van der Waals surface area (Å²) in [7, 11) is 0. The van der Waals surface area contributed by atoms with Gasteiger partial charge in [0.05, 0.1) is 19.8 Å². The Hall–Kier alpha value is -0.910. The van der Waals surface area contributed by atoms with E-state index in [9.17, 15) is 4.79 Å². The number of halogens is 1. The normalized spacial score (nSPS) is 19.9. The van der Waals surface area contributed by atoms with Gasteiger partial charge in [-0.3, -0.25) is 4.79 Å². The van der Waals surface area contributed by atoms with Crippen LogP contribution < -0.4 is 5.32 Å². The number of ether oxygens (including phenoxy) is 2. The first-order valence-corrected chi connectivity index (χ1v) is 6.57. The first-order chi connectivity index (χ1) is 8.31. The molecule has 17 heavy (non-hydrogen) atoms. The minimum absolute atomic E-state index is 0.155. The van der Waals surface area contributed by atoms with Gasteiger partial charge < -0.3 is 14.8 Å². The Balaban J connectivity index is 2.01. The van der Waals surface area contributed by atoms with E-state index in [-0.39, 0.29) is 5.91 Å². The van der Waals surface area contributed by atoms with Crippen LogP contribution in [0.15, 0.2) is 24.3 Å². The quantitative estimate of drug-likeness (QED) is 0.868. The molecule has 5 heteroatoms. The fourth-order valence-corrected chi connectivity index (χ4v) is 2.10. The van der Waals surface area contributed by atoms with E-state index < -0.39 is 6.10 Å². The molecule has 2 rings (SSSR count). The first kappa shape index (κ1) is 12.5. The number of hydrogen-bond acceptors (Lipinski definition) is 3. The molecule has 1 aliphatic heterocycles. The van der Waals surface area contributed by atoms with Crippen molar-refractivity contribution in [3.8, 4) is 0 Å². The number of anilines is 1. The van der Waals surface area contributed by atoms with Crippen LogP contribution >= 0.6 is 15.9 Å². The second kappa shape index (κ2) is 6.14. The lowest BCUT2D eigenvalue weighted by atomic mass is 10.2. The summed E-state index contributed by atoms with van der Waals surface area (Å²) in [5.41, 5.74) is 1.85. The number of alkyl halides is 1. The fourth-order valence-electron chi connectivity index (χ4n) is 1.61. The Morgan fingerprint density at radius 2 is 2.24 bits per heavy atom. The second-order valence-electron chi connectivity index (χ2n) is 3.71. The molecule has 4 nitrogen and oxygen atoms in total. The van der Waals surface area contributed by atoms with Gasteiger partial charge in [-0.25, -0.2) is 0 Å². The molecular weight excluding hydrogens is 286 g/mol. The average molecular weight is 300 g/mol. The predicted molar refractivity (Wildman–Crippen MR) is 68.3 cm³/mol. The maximum Gasteiger partial charge on any atom is 0.255 e. The van der Waals surface area contributed by atoms with E-state index in [1.807, 2.05) is 24.3 Å². The zero-order chi connectivity index (χ0) is 12.1. The summed E-state index contributed by atoms with van der Waals surface area (Å²) in [5.74, 6) is -0.155. The Morgan fingerprint density at radius 1 is 1.41 bits per heavy atom. The molecule has 1 N–H and O–H groups in total. The van der Waals surface area contributed by atoms with Gasteiger partial charge in [0.15, 0.2) is 6.10 Å². The molecule has 1 fully saturated rings. The Bertz CT molecular complexity index is 391. The van der Waals surface area contributed by atoms with Crippen LogP contribution in [0.2, 0.25) is 0 Å². The van der Waals surface area contributed by atoms with Gasteiger partial charge in [-0.05, 0) is 11.6 Å². The summed E-state index contributed by atoms with van der Waals surface area (Å²) >= 11 is 3.39. The van der Waals surface area contributed by atoms with Gasteiger partial charge in [0, 0.05) is 11.0 Å². The Morgan fingerprint density at radius 3 is 2.94 bits per heavy atom. The van der Waals surface area contributed by atoms with Crippen LogP contribution in [0, 0.1) is 0 Å². The second-order valence-corrected chi connectivity index (χ2v) is 4.28. The third-order valence-corrected chi connectivity index (χ3v) is 3.13. The summed E-state index contributed by atoms with van der Waals surface area (Å²) in [6.45, 7) is 1.35. The van der Waals surface area contributed by atoms with Gasteiger partial charge in [0.1, 0.15) is 0 Å². The molecule has 0 bridgehead atoms. The van der Waals surface area contributed by atoms with Gasteiger partial charge in [-0.15, -0.1) is 0 Å². The van der Waals surface area contributed by atoms with E-state index in [4.69, 9.17) is 9.47 Å². The number of rotatable bonds is 3. The van der Waals surface area contributed by atoms with Crippen LogP contribution in [-0.2, 0) is 19.6 Å². The molecule has 1 aliphatic rings. The van der Waals surface area contributed by atoms with Crippen molar-refractivity contribution in [2.24, 2.45) is 0 Å². The Kier molecular flexibility index (Phi) is 4.53. The van der Waals surface area contributed by atoms with Crippen molar-refractivity contribution in [2.75, 3.05) is 25.1 Å². The van der Waals surface area contributed by atoms with E-state index >= 15 is 0 Å². The molecule has 0 saturated carbocycles. The van der Waals surface area contributed by atoms with Gasteiger partial charge >= 0.3 is 0 Å². The molecule has 92 valence electrons. The van der Waals surface area contributed by atoms with Crippen molar-refractivity contribution in [3.05, 3.63) is 29.8 Å². The van der Waals surface area contributed by atoms with Crippen LogP contribution in [0.5, 0.6) is 0 Å². The van der Waals surface area contributed by atoms with Crippen LogP contribution in [0.25, 0.3) is 0 Å². The van der Waals surface area contributed by atoms with Gasteiger partial charge in [-0.1, -0.05) is 34.1 Å². The van der Waals surface area contributed by atoms with Gasteiger partial charge in [0.25, 0.3) is 5.91 Å². The van der Waals surface area contributed by atoms with Gasteiger partial charge in [0.2, 0.25) is 0 Å². The van der Waals surface area contributed by atoms with Crippen molar-refractivity contribution in [1.82, 2.24) is 0 Å². The van der Waals surface area contributed by atoms with Gasteiger partial charge in [-0.2, -0.15) is 0 Å². The van der Waals surface area contributed by atoms with E-state index in [2.05, 4.69) is 21.2 Å². The SMILES string of the molecule is O=C(Nc1ccccc1CBr)C1COCCO1. The van der Waals surface area contributed by atoms with Crippen molar-refractivity contribution in [3.63, 3.8) is 0 Å². The molecule has 1 atom stereocenters. The smallest absolute Gasteiger partial charge is 0.255 e. The lowest BCUT2D eigenvalue weighted by Gasteiger charge is -2.22. The molecule has 1 heterocycles. The molecule has 1 unspecified atom stereocenters. The summed E-state index contributed by atoms with van der Waals surface area (Å²) in [4.78, 5) is 11.9. The first-order valence-electron chi connectivity index (χ1n) is 5.45. The highest BCUT2D eigenvalue weighted by atomic mass is 79.9. The van der Waals surface area contributed by atoms with Crippen LogP contribution in [0.4, 0.5) is 5.69 Å². The molecule has 1 amide bonds. The maximum atomic E-state index is 11.9. The monoisotopic (exact) mass is 299 g/mol.